The van der Waals surface area contributed by atoms with Crippen molar-refractivity contribution in [3.05, 3.63) is 38.9 Å². The lowest BCUT2D eigenvalue weighted by Crippen LogP contribution is -2.52. The highest BCUT2D eigenvalue weighted by atomic mass is 35.5. The summed E-state index contributed by atoms with van der Waals surface area (Å²) in [6.45, 7) is 3.95. The number of nitro groups is 1. The maximum Gasteiger partial charge on any atom is 0.271 e. The van der Waals surface area contributed by atoms with Gasteiger partial charge in [0.15, 0.2) is 0 Å². The molecule has 102 valence electrons. The van der Waals surface area contributed by atoms with Gasteiger partial charge in [0.2, 0.25) is 0 Å². The molecule has 0 saturated carbocycles. The van der Waals surface area contributed by atoms with Gasteiger partial charge in [0.05, 0.1) is 4.92 Å². The average molecular weight is 284 g/mol. The number of nitrogens with zero attached hydrogens (tertiary/aromatic N) is 2. The Morgan fingerprint density at radius 3 is 2.89 bits per heavy atom. The first-order valence-electron chi connectivity index (χ1n) is 5.95. The summed E-state index contributed by atoms with van der Waals surface area (Å²) < 4.78 is 0. The zero-order valence-electron chi connectivity index (χ0n) is 10.4. The van der Waals surface area contributed by atoms with E-state index in [1.165, 1.54) is 18.2 Å². The van der Waals surface area contributed by atoms with Gasteiger partial charge in [-0.1, -0.05) is 11.6 Å². The number of nitrogens with one attached hydrogen (secondary N) is 1. The second-order valence-electron chi connectivity index (χ2n) is 4.51. The quantitative estimate of drug-likeness (QED) is 0.662. The van der Waals surface area contributed by atoms with Crippen LogP contribution in [0.4, 0.5) is 5.69 Å². The standard InChI is InChI=1S/C12H14ClN3O3/c1-8-7-14-2-3-15(8)12(17)9-4-10(13)6-11(5-9)16(18)19/h4-6,8,14H,2-3,7H2,1H3/t8-/m0/s1. The van der Waals surface area contributed by atoms with E-state index >= 15 is 0 Å². The monoisotopic (exact) mass is 283 g/mol. The van der Waals surface area contributed by atoms with Crippen molar-refractivity contribution in [1.82, 2.24) is 10.2 Å². The van der Waals surface area contributed by atoms with Crippen LogP contribution in [0.15, 0.2) is 18.2 Å². The van der Waals surface area contributed by atoms with Crippen LogP contribution in [0, 0.1) is 10.1 Å². The zero-order chi connectivity index (χ0) is 14.0. The van der Waals surface area contributed by atoms with Gasteiger partial charge in [-0.05, 0) is 13.0 Å². The molecular weight excluding hydrogens is 270 g/mol. The Bertz CT molecular complexity index is 521. The number of amides is 1. The van der Waals surface area contributed by atoms with Crippen LogP contribution in [0.5, 0.6) is 0 Å². The largest absolute Gasteiger partial charge is 0.333 e. The topological polar surface area (TPSA) is 75.5 Å². The summed E-state index contributed by atoms with van der Waals surface area (Å²) in [7, 11) is 0. The van der Waals surface area contributed by atoms with Crippen molar-refractivity contribution in [2.24, 2.45) is 0 Å². The van der Waals surface area contributed by atoms with Gasteiger partial charge in [-0.3, -0.25) is 14.9 Å². The van der Waals surface area contributed by atoms with Crippen LogP contribution < -0.4 is 5.32 Å². The van der Waals surface area contributed by atoms with Crippen LogP contribution >= 0.6 is 11.6 Å². The van der Waals surface area contributed by atoms with Crippen molar-refractivity contribution >= 4 is 23.2 Å². The average Bonchev–Trinajstić information content (AvgIpc) is 2.37. The van der Waals surface area contributed by atoms with Gasteiger partial charge in [-0.25, -0.2) is 0 Å². The highest BCUT2D eigenvalue weighted by Crippen LogP contribution is 2.22. The summed E-state index contributed by atoms with van der Waals surface area (Å²) in [6, 6.07) is 4.02. The molecule has 0 bridgehead atoms. The minimum Gasteiger partial charge on any atom is -0.333 e. The van der Waals surface area contributed by atoms with Gasteiger partial charge in [-0.15, -0.1) is 0 Å². The first-order chi connectivity index (χ1) is 8.99. The van der Waals surface area contributed by atoms with E-state index in [2.05, 4.69) is 5.32 Å². The third-order valence-corrected chi connectivity index (χ3v) is 3.32. The molecule has 7 heteroatoms. The molecule has 1 aromatic carbocycles. The number of non-ortho nitro benzene ring substituents is 1. The van der Waals surface area contributed by atoms with E-state index in [1.54, 1.807) is 4.90 Å². The summed E-state index contributed by atoms with van der Waals surface area (Å²) in [5.41, 5.74) is 0.0894. The molecule has 1 aromatic rings. The summed E-state index contributed by atoms with van der Waals surface area (Å²) >= 11 is 5.83. The van der Waals surface area contributed by atoms with Crippen molar-refractivity contribution < 1.29 is 9.72 Å². The minimum atomic E-state index is -0.552. The second kappa shape index (κ2) is 5.54. The molecule has 6 nitrogen and oxygen atoms in total. The van der Waals surface area contributed by atoms with Gasteiger partial charge in [0, 0.05) is 48.4 Å². The van der Waals surface area contributed by atoms with Gasteiger partial charge in [0.25, 0.3) is 11.6 Å². The Hall–Kier alpha value is -1.66. The maximum atomic E-state index is 12.4. The highest BCUT2D eigenvalue weighted by Gasteiger charge is 2.25. The maximum absolute atomic E-state index is 12.4. The smallest absolute Gasteiger partial charge is 0.271 e. The van der Waals surface area contributed by atoms with E-state index < -0.39 is 4.92 Å². The first-order valence-corrected chi connectivity index (χ1v) is 6.33. The normalized spacial score (nSPS) is 19.3. The number of benzene rings is 1. The predicted octanol–water partition coefficient (Wildman–Crippen LogP) is 1.68. The number of nitro benzene ring substituents is 1. The zero-order valence-corrected chi connectivity index (χ0v) is 11.2. The third-order valence-electron chi connectivity index (χ3n) is 3.10. The fourth-order valence-electron chi connectivity index (χ4n) is 2.11. The Morgan fingerprint density at radius 2 is 2.26 bits per heavy atom. The van der Waals surface area contributed by atoms with Crippen LogP contribution in [0.1, 0.15) is 17.3 Å². The van der Waals surface area contributed by atoms with E-state index in [9.17, 15) is 14.9 Å². The Balaban J connectivity index is 2.30. The molecule has 1 saturated heterocycles. The van der Waals surface area contributed by atoms with E-state index in [-0.39, 0.29) is 28.2 Å². The molecule has 0 aliphatic carbocycles. The number of carbonyl (C=O) groups excluding carboxylic acids is 1. The summed E-state index contributed by atoms with van der Waals surface area (Å²) in [4.78, 5) is 24.3. The molecule has 0 unspecified atom stereocenters. The first kappa shape index (κ1) is 13.8. The summed E-state index contributed by atoms with van der Waals surface area (Å²) in [6.07, 6.45) is 0. The fourth-order valence-corrected chi connectivity index (χ4v) is 2.34. The van der Waals surface area contributed by atoms with E-state index in [1.807, 2.05) is 6.92 Å². The van der Waals surface area contributed by atoms with Gasteiger partial charge in [-0.2, -0.15) is 0 Å². The Kier molecular flexibility index (Phi) is 4.01. The van der Waals surface area contributed by atoms with E-state index in [0.717, 1.165) is 6.54 Å². The van der Waals surface area contributed by atoms with Crippen LogP contribution in [0.3, 0.4) is 0 Å². The second-order valence-corrected chi connectivity index (χ2v) is 4.94. The lowest BCUT2D eigenvalue weighted by Gasteiger charge is -2.34. The molecule has 0 aromatic heterocycles. The van der Waals surface area contributed by atoms with Gasteiger partial charge < -0.3 is 10.2 Å². The van der Waals surface area contributed by atoms with Crippen molar-refractivity contribution in [2.45, 2.75) is 13.0 Å². The van der Waals surface area contributed by atoms with Crippen LogP contribution in [-0.4, -0.2) is 41.4 Å². The molecule has 1 fully saturated rings. The highest BCUT2D eigenvalue weighted by molar-refractivity contribution is 6.31. The fraction of sp³-hybridized carbons (Fsp3) is 0.417. The number of carbonyl (C=O) groups is 1. The van der Waals surface area contributed by atoms with Crippen molar-refractivity contribution in [3.63, 3.8) is 0 Å². The molecular formula is C12H14ClN3O3. The molecule has 1 atom stereocenters. The molecule has 1 aliphatic heterocycles. The molecule has 1 aliphatic rings. The number of rotatable bonds is 2. The molecule has 1 heterocycles. The van der Waals surface area contributed by atoms with Crippen LogP contribution in [0.2, 0.25) is 5.02 Å². The van der Waals surface area contributed by atoms with Gasteiger partial charge >= 0.3 is 0 Å². The molecule has 0 spiro atoms. The molecule has 2 rings (SSSR count). The summed E-state index contributed by atoms with van der Waals surface area (Å²) in [5, 5.41) is 14.2. The number of piperazine rings is 1. The molecule has 0 radical (unpaired) electrons. The molecule has 1 amide bonds. The van der Waals surface area contributed by atoms with Crippen molar-refractivity contribution in [2.75, 3.05) is 19.6 Å². The number of hydrogen-bond donors (Lipinski definition) is 1. The van der Waals surface area contributed by atoms with Crippen molar-refractivity contribution in [1.29, 1.82) is 0 Å². The third kappa shape index (κ3) is 3.02. The summed E-state index contributed by atoms with van der Waals surface area (Å²) in [5.74, 6) is -0.223. The Labute approximate surface area is 115 Å². The number of halogens is 1. The molecule has 19 heavy (non-hydrogen) atoms. The minimum absolute atomic E-state index is 0.0549. The lowest BCUT2D eigenvalue weighted by molar-refractivity contribution is -0.384. The van der Waals surface area contributed by atoms with Gasteiger partial charge in [0.1, 0.15) is 0 Å². The Morgan fingerprint density at radius 1 is 1.53 bits per heavy atom. The predicted molar refractivity (Wildman–Crippen MR) is 71.5 cm³/mol. The number of hydrogen-bond acceptors (Lipinski definition) is 4. The van der Waals surface area contributed by atoms with E-state index in [4.69, 9.17) is 11.6 Å². The lowest BCUT2D eigenvalue weighted by atomic mass is 10.1. The van der Waals surface area contributed by atoms with Crippen molar-refractivity contribution in [3.8, 4) is 0 Å². The van der Waals surface area contributed by atoms with Crippen LogP contribution in [-0.2, 0) is 0 Å². The van der Waals surface area contributed by atoms with E-state index in [0.29, 0.717) is 13.1 Å². The SMILES string of the molecule is C[C@H]1CNCCN1C(=O)c1cc(Cl)cc([N+](=O)[O-])c1. The van der Waals surface area contributed by atoms with Crippen LogP contribution in [0.25, 0.3) is 0 Å². The molecule has 1 N–H and O–H groups in total.